The summed E-state index contributed by atoms with van der Waals surface area (Å²) < 4.78 is 6.05. The predicted molar refractivity (Wildman–Crippen MR) is 87.9 cm³/mol. The number of nitrogens with two attached hydrogens (primary N) is 1. The largest absolute Gasteiger partial charge is 0.397 e. The van der Waals surface area contributed by atoms with Gasteiger partial charge < -0.3 is 20.7 Å². The van der Waals surface area contributed by atoms with Crippen LogP contribution in [0.25, 0.3) is 10.1 Å². The van der Waals surface area contributed by atoms with Gasteiger partial charge in [0, 0.05) is 36.8 Å². The van der Waals surface area contributed by atoms with Crippen LogP contribution < -0.4 is 11.1 Å². The monoisotopic (exact) mass is 307 g/mol. The molecule has 0 aliphatic carbocycles. The minimum atomic E-state index is -0.103. The number of nitrogens with one attached hydrogen (secondary N) is 1. The third-order valence-electron chi connectivity index (χ3n) is 3.30. The summed E-state index contributed by atoms with van der Waals surface area (Å²) in [6.45, 7) is 2.90. The highest BCUT2D eigenvalue weighted by Crippen LogP contribution is 2.33. The minimum Gasteiger partial charge on any atom is -0.397 e. The molecule has 0 unspecified atom stereocenters. The first kappa shape index (κ1) is 15.8. The van der Waals surface area contributed by atoms with Gasteiger partial charge in [0.05, 0.1) is 12.3 Å². The molecule has 0 saturated carbocycles. The fourth-order valence-corrected chi connectivity index (χ4v) is 3.07. The normalized spacial score (nSPS) is 11.2. The molecule has 0 aliphatic rings. The van der Waals surface area contributed by atoms with Crippen LogP contribution in [-0.2, 0) is 4.74 Å². The summed E-state index contributed by atoms with van der Waals surface area (Å²) in [7, 11) is 3.68. The average molecular weight is 307 g/mol. The molecule has 0 bridgehead atoms. The molecule has 114 valence electrons. The van der Waals surface area contributed by atoms with Crippen molar-refractivity contribution in [2.45, 2.75) is 0 Å². The van der Waals surface area contributed by atoms with Crippen LogP contribution in [0.3, 0.4) is 0 Å². The molecule has 2 aromatic rings. The zero-order valence-corrected chi connectivity index (χ0v) is 13.2. The number of hydrogen-bond acceptors (Lipinski definition) is 5. The van der Waals surface area contributed by atoms with E-state index in [-0.39, 0.29) is 5.91 Å². The summed E-state index contributed by atoms with van der Waals surface area (Å²) in [4.78, 5) is 14.9. The van der Waals surface area contributed by atoms with Gasteiger partial charge >= 0.3 is 0 Å². The van der Waals surface area contributed by atoms with E-state index in [1.54, 1.807) is 7.11 Å². The Bertz CT molecular complexity index is 612. The molecular formula is C15H21N3O2S. The van der Waals surface area contributed by atoms with E-state index in [4.69, 9.17) is 10.5 Å². The Labute approximate surface area is 128 Å². The molecule has 1 aromatic carbocycles. The predicted octanol–water partition coefficient (Wildman–Crippen LogP) is 1.79. The van der Waals surface area contributed by atoms with Crippen molar-refractivity contribution in [1.29, 1.82) is 0 Å². The Balaban J connectivity index is 1.92. The highest BCUT2D eigenvalue weighted by Gasteiger charge is 2.15. The van der Waals surface area contributed by atoms with Gasteiger partial charge in [-0.2, -0.15) is 0 Å². The number of amides is 1. The van der Waals surface area contributed by atoms with Crippen molar-refractivity contribution in [3.05, 3.63) is 29.1 Å². The standard InChI is InChI=1S/C15H21N3O2S/c1-18(9-10-20-2)8-7-17-15(19)14-13(16)11-5-3-4-6-12(11)21-14/h3-6H,7-10,16H2,1-2H3,(H,17,19). The summed E-state index contributed by atoms with van der Waals surface area (Å²) in [5, 5.41) is 3.87. The third-order valence-corrected chi connectivity index (χ3v) is 4.48. The topological polar surface area (TPSA) is 67.6 Å². The molecule has 0 spiro atoms. The molecule has 6 heteroatoms. The van der Waals surface area contributed by atoms with E-state index in [1.165, 1.54) is 11.3 Å². The SMILES string of the molecule is COCCN(C)CCNC(=O)c1sc2ccccc2c1N. The fraction of sp³-hybridized carbons (Fsp3) is 0.400. The molecule has 5 nitrogen and oxygen atoms in total. The Morgan fingerprint density at radius 3 is 2.86 bits per heavy atom. The maximum Gasteiger partial charge on any atom is 0.263 e. The summed E-state index contributed by atoms with van der Waals surface area (Å²) in [5.41, 5.74) is 6.63. The van der Waals surface area contributed by atoms with Gasteiger partial charge in [0.1, 0.15) is 4.88 Å². The number of ether oxygens (including phenoxy) is 1. The summed E-state index contributed by atoms with van der Waals surface area (Å²) in [6, 6.07) is 7.80. The number of carbonyl (C=O) groups is 1. The Kier molecular flexibility index (Phi) is 5.55. The Morgan fingerprint density at radius 2 is 2.14 bits per heavy atom. The van der Waals surface area contributed by atoms with E-state index >= 15 is 0 Å². The lowest BCUT2D eigenvalue weighted by atomic mass is 10.2. The molecule has 0 fully saturated rings. The molecule has 21 heavy (non-hydrogen) atoms. The first-order chi connectivity index (χ1) is 10.1. The molecule has 0 radical (unpaired) electrons. The number of nitrogen functional groups attached to an aromatic ring is 1. The van der Waals surface area contributed by atoms with E-state index in [2.05, 4.69) is 10.2 Å². The van der Waals surface area contributed by atoms with Crippen molar-refractivity contribution < 1.29 is 9.53 Å². The summed E-state index contributed by atoms with van der Waals surface area (Å²) in [5.74, 6) is -0.103. The van der Waals surface area contributed by atoms with Gasteiger partial charge in [0.2, 0.25) is 0 Å². The van der Waals surface area contributed by atoms with E-state index in [1.807, 2.05) is 31.3 Å². The van der Waals surface area contributed by atoms with Crippen LogP contribution in [-0.4, -0.2) is 51.2 Å². The summed E-state index contributed by atoms with van der Waals surface area (Å²) in [6.07, 6.45) is 0. The summed E-state index contributed by atoms with van der Waals surface area (Å²) >= 11 is 1.43. The van der Waals surface area contributed by atoms with Gasteiger partial charge in [-0.1, -0.05) is 18.2 Å². The minimum absolute atomic E-state index is 0.103. The Hall–Kier alpha value is -1.63. The second-order valence-corrected chi connectivity index (χ2v) is 5.95. The van der Waals surface area contributed by atoms with Crippen LogP contribution in [0.4, 0.5) is 5.69 Å². The van der Waals surface area contributed by atoms with E-state index in [9.17, 15) is 4.79 Å². The highest BCUT2D eigenvalue weighted by molar-refractivity contribution is 7.21. The number of methoxy groups -OCH3 is 1. The highest BCUT2D eigenvalue weighted by atomic mass is 32.1. The number of likely N-dealkylation sites (N-methyl/N-ethyl adjacent to an activating group) is 1. The van der Waals surface area contributed by atoms with Crippen LogP contribution in [0.15, 0.2) is 24.3 Å². The first-order valence-electron chi connectivity index (χ1n) is 6.86. The fourth-order valence-electron chi connectivity index (χ4n) is 2.03. The second kappa shape index (κ2) is 7.40. The molecule has 3 N–H and O–H groups in total. The number of thiophene rings is 1. The number of nitrogens with zero attached hydrogens (tertiary/aromatic N) is 1. The van der Waals surface area contributed by atoms with Crippen LogP contribution in [0.2, 0.25) is 0 Å². The van der Waals surface area contributed by atoms with Crippen LogP contribution in [0.1, 0.15) is 9.67 Å². The van der Waals surface area contributed by atoms with Crippen molar-refractivity contribution in [3.8, 4) is 0 Å². The molecule has 0 saturated heterocycles. The smallest absolute Gasteiger partial charge is 0.263 e. The average Bonchev–Trinajstić information content (AvgIpc) is 2.83. The van der Waals surface area contributed by atoms with Gasteiger partial charge in [-0.25, -0.2) is 0 Å². The first-order valence-corrected chi connectivity index (χ1v) is 7.68. The van der Waals surface area contributed by atoms with Crippen molar-refractivity contribution in [2.24, 2.45) is 0 Å². The molecule has 1 aromatic heterocycles. The van der Waals surface area contributed by atoms with Gasteiger partial charge in [-0.15, -0.1) is 11.3 Å². The number of benzene rings is 1. The van der Waals surface area contributed by atoms with E-state index < -0.39 is 0 Å². The molecule has 0 atom stereocenters. The number of fused-ring (bicyclic) bond motifs is 1. The van der Waals surface area contributed by atoms with E-state index in [0.717, 1.165) is 23.2 Å². The Morgan fingerprint density at radius 1 is 1.38 bits per heavy atom. The van der Waals surface area contributed by atoms with Gasteiger partial charge in [0.15, 0.2) is 0 Å². The molecule has 0 aliphatic heterocycles. The number of anilines is 1. The van der Waals surface area contributed by atoms with E-state index in [0.29, 0.717) is 23.7 Å². The number of rotatable bonds is 7. The van der Waals surface area contributed by atoms with Crippen LogP contribution in [0.5, 0.6) is 0 Å². The lowest BCUT2D eigenvalue weighted by Crippen LogP contribution is -2.34. The van der Waals surface area contributed by atoms with Crippen molar-refractivity contribution in [2.75, 3.05) is 46.1 Å². The van der Waals surface area contributed by atoms with Gasteiger partial charge in [0.25, 0.3) is 5.91 Å². The lowest BCUT2D eigenvalue weighted by Gasteiger charge is -2.15. The number of hydrogen-bond donors (Lipinski definition) is 2. The third kappa shape index (κ3) is 3.93. The molecule has 1 heterocycles. The van der Waals surface area contributed by atoms with Crippen molar-refractivity contribution >= 4 is 33.0 Å². The number of carbonyl (C=O) groups excluding carboxylic acids is 1. The van der Waals surface area contributed by atoms with Crippen LogP contribution in [0, 0.1) is 0 Å². The molecule has 2 rings (SSSR count). The molecule has 1 amide bonds. The van der Waals surface area contributed by atoms with Crippen molar-refractivity contribution in [3.63, 3.8) is 0 Å². The zero-order valence-electron chi connectivity index (χ0n) is 12.4. The molecular weight excluding hydrogens is 286 g/mol. The second-order valence-electron chi connectivity index (χ2n) is 4.89. The van der Waals surface area contributed by atoms with Crippen molar-refractivity contribution in [1.82, 2.24) is 10.2 Å². The maximum atomic E-state index is 12.2. The van der Waals surface area contributed by atoms with Gasteiger partial charge in [-0.3, -0.25) is 4.79 Å². The zero-order chi connectivity index (χ0) is 15.2. The maximum absolute atomic E-state index is 12.2. The van der Waals surface area contributed by atoms with Crippen LogP contribution >= 0.6 is 11.3 Å². The quantitative estimate of drug-likeness (QED) is 0.818. The van der Waals surface area contributed by atoms with Gasteiger partial charge in [-0.05, 0) is 13.1 Å². The lowest BCUT2D eigenvalue weighted by molar-refractivity contribution is 0.0952.